The molecule has 53 heavy (non-hydrogen) atoms. The van der Waals surface area contributed by atoms with Gasteiger partial charge in [0.25, 0.3) is 0 Å². The molecule has 0 radical (unpaired) electrons. The topological polar surface area (TPSA) is 169 Å². The fourth-order valence-electron chi connectivity index (χ4n) is 6.36. The fraction of sp³-hybridized carbons (Fsp3) is 0.816. The number of aromatic nitrogens is 1. The van der Waals surface area contributed by atoms with E-state index in [0.29, 0.717) is 31.2 Å². The lowest BCUT2D eigenvalue weighted by atomic mass is 9.91. The number of piperidine rings is 1. The number of aliphatic hydroxyl groups is 1. The lowest BCUT2D eigenvalue weighted by Gasteiger charge is -2.40. The second kappa shape index (κ2) is 26.0. The van der Waals surface area contributed by atoms with E-state index in [1.807, 2.05) is 39.6 Å². The molecule has 14 nitrogen and oxygen atoms in total. The average molecular weight is 770 g/mol. The Bertz CT molecular complexity index is 1220. The SMILES string of the molecule is CCCCCCN(C(=O)[C@H](NC(=O)[C@H]1CCCCN1C)[C@H](C)CC)[C@@H](C[C@H](OC(=O)NCCOCCOCCO)c1nc(C(=O)OCC)cs1)C(C)C. The van der Waals surface area contributed by atoms with Crippen molar-refractivity contribution in [3.05, 3.63) is 16.1 Å². The van der Waals surface area contributed by atoms with Gasteiger partial charge in [0.05, 0.1) is 45.7 Å². The van der Waals surface area contributed by atoms with Crippen LogP contribution >= 0.6 is 11.3 Å². The number of ether oxygens (including phenoxy) is 4. The summed E-state index contributed by atoms with van der Waals surface area (Å²) in [7, 11) is 1.96. The van der Waals surface area contributed by atoms with Gasteiger partial charge in [-0.15, -0.1) is 11.3 Å². The largest absolute Gasteiger partial charge is 0.461 e. The van der Waals surface area contributed by atoms with Crippen LogP contribution in [0.1, 0.15) is 121 Å². The first-order valence-corrected chi connectivity index (χ1v) is 20.5. The molecule has 1 fully saturated rings. The molecule has 1 aromatic heterocycles. The van der Waals surface area contributed by atoms with E-state index in [-0.39, 0.29) is 80.8 Å². The number of hydrogen-bond acceptors (Lipinski definition) is 12. The summed E-state index contributed by atoms with van der Waals surface area (Å²) >= 11 is 1.19. The molecule has 0 bridgehead atoms. The number of hydrogen-bond donors (Lipinski definition) is 3. The summed E-state index contributed by atoms with van der Waals surface area (Å²) in [5, 5.41) is 16.7. The molecule has 304 valence electrons. The van der Waals surface area contributed by atoms with Gasteiger partial charge in [0.2, 0.25) is 11.8 Å². The van der Waals surface area contributed by atoms with E-state index >= 15 is 0 Å². The van der Waals surface area contributed by atoms with Gasteiger partial charge in [0, 0.05) is 30.9 Å². The highest BCUT2D eigenvalue weighted by Gasteiger charge is 2.38. The van der Waals surface area contributed by atoms with Gasteiger partial charge in [-0.25, -0.2) is 14.6 Å². The van der Waals surface area contributed by atoms with Gasteiger partial charge in [-0.1, -0.05) is 66.7 Å². The molecule has 3 N–H and O–H groups in total. The third kappa shape index (κ3) is 16.2. The van der Waals surface area contributed by atoms with Crippen LogP contribution in [0.5, 0.6) is 0 Å². The van der Waals surface area contributed by atoms with Gasteiger partial charge in [-0.3, -0.25) is 14.5 Å². The first-order valence-electron chi connectivity index (χ1n) is 19.6. The minimum atomic E-state index is -0.887. The fourth-order valence-corrected chi connectivity index (χ4v) is 7.19. The summed E-state index contributed by atoms with van der Waals surface area (Å²) in [5.41, 5.74) is 0.124. The van der Waals surface area contributed by atoms with Crippen LogP contribution in [0.4, 0.5) is 4.79 Å². The minimum absolute atomic E-state index is 0.0528. The van der Waals surface area contributed by atoms with Crippen LogP contribution in [-0.4, -0.2) is 128 Å². The molecule has 1 aromatic rings. The Hall–Kier alpha value is -2.85. The van der Waals surface area contributed by atoms with Crippen molar-refractivity contribution < 1.29 is 43.2 Å². The maximum absolute atomic E-state index is 14.8. The molecule has 0 saturated carbocycles. The molecular weight excluding hydrogens is 703 g/mol. The van der Waals surface area contributed by atoms with E-state index < -0.39 is 24.2 Å². The first-order chi connectivity index (χ1) is 25.5. The van der Waals surface area contributed by atoms with Crippen molar-refractivity contribution in [3.8, 4) is 0 Å². The maximum Gasteiger partial charge on any atom is 0.407 e. The van der Waals surface area contributed by atoms with E-state index in [2.05, 4.69) is 27.4 Å². The lowest BCUT2D eigenvalue weighted by Crippen LogP contribution is -2.59. The number of nitrogens with one attached hydrogen (secondary N) is 2. The minimum Gasteiger partial charge on any atom is -0.461 e. The van der Waals surface area contributed by atoms with Gasteiger partial charge in [0.15, 0.2) is 11.8 Å². The highest BCUT2D eigenvalue weighted by molar-refractivity contribution is 7.09. The molecule has 0 aromatic carbocycles. The summed E-state index contributed by atoms with van der Waals surface area (Å²) in [4.78, 5) is 62.7. The second-order valence-electron chi connectivity index (χ2n) is 14.1. The Morgan fingerprint density at radius 3 is 2.42 bits per heavy atom. The number of aliphatic hydroxyl groups excluding tert-OH is 1. The molecule has 3 amide bonds. The molecule has 1 aliphatic rings. The van der Waals surface area contributed by atoms with E-state index in [1.165, 1.54) is 11.3 Å². The van der Waals surface area contributed by atoms with Crippen LogP contribution in [0.3, 0.4) is 0 Å². The predicted octanol–water partition coefficient (Wildman–Crippen LogP) is 4.95. The zero-order chi connectivity index (χ0) is 39.2. The van der Waals surface area contributed by atoms with Gasteiger partial charge >= 0.3 is 12.1 Å². The summed E-state index contributed by atoms with van der Waals surface area (Å²) in [6.45, 7) is 14.7. The summed E-state index contributed by atoms with van der Waals surface area (Å²) in [5.74, 6) is -0.994. The molecule has 1 saturated heterocycles. The van der Waals surface area contributed by atoms with Crippen molar-refractivity contribution in [1.82, 2.24) is 25.4 Å². The van der Waals surface area contributed by atoms with Crippen molar-refractivity contribution >= 4 is 35.2 Å². The number of esters is 1. The van der Waals surface area contributed by atoms with Gasteiger partial charge < -0.3 is 39.6 Å². The Kier molecular flexibility index (Phi) is 22.8. The molecule has 15 heteroatoms. The Morgan fingerprint density at radius 2 is 1.77 bits per heavy atom. The predicted molar refractivity (Wildman–Crippen MR) is 205 cm³/mol. The lowest BCUT2D eigenvalue weighted by molar-refractivity contribution is -0.142. The van der Waals surface area contributed by atoms with E-state index in [0.717, 1.165) is 51.5 Å². The number of nitrogens with zero attached hydrogens (tertiary/aromatic N) is 3. The van der Waals surface area contributed by atoms with Crippen molar-refractivity contribution in [1.29, 1.82) is 0 Å². The van der Waals surface area contributed by atoms with E-state index in [1.54, 1.807) is 12.3 Å². The first kappa shape index (κ1) is 46.3. The maximum atomic E-state index is 14.8. The number of unbranched alkanes of at least 4 members (excludes halogenated alkanes) is 3. The van der Waals surface area contributed by atoms with Crippen LogP contribution in [0.2, 0.25) is 0 Å². The molecule has 0 aliphatic carbocycles. The zero-order valence-corrected chi connectivity index (χ0v) is 34.0. The van der Waals surface area contributed by atoms with Crippen LogP contribution in [0.25, 0.3) is 0 Å². The average Bonchev–Trinajstić information content (AvgIpc) is 3.64. The summed E-state index contributed by atoms with van der Waals surface area (Å²) in [6.07, 6.45) is 5.95. The monoisotopic (exact) mass is 769 g/mol. The summed E-state index contributed by atoms with van der Waals surface area (Å²) in [6, 6.07) is -1.39. The molecular formula is C38H67N5O9S. The third-order valence-corrected chi connectivity index (χ3v) is 10.6. The normalized spacial score (nSPS) is 17.1. The second-order valence-corrected chi connectivity index (χ2v) is 15.0. The molecule has 1 aliphatic heterocycles. The molecule has 5 atom stereocenters. The number of carbonyl (C=O) groups excluding carboxylic acids is 4. The van der Waals surface area contributed by atoms with Crippen LogP contribution in [0, 0.1) is 11.8 Å². The number of likely N-dealkylation sites (tertiary alicyclic amines) is 1. The number of likely N-dealkylation sites (N-methyl/N-ethyl adjacent to an activating group) is 1. The number of amides is 3. The van der Waals surface area contributed by atoms with Crippen LogP contribution in [0.15, 0.2) is 5.38 Å². The third-order valence-electron chi connectivity index (χ3n) is 9.67. The van der Waals surface area contributed by atoms with E-state index in [9.17, 15) is 19.2 Å². The Morgan fingerprint density at radius 1 is 1.04 bits per heavy atom. The number of alkyl carbamates (subject to hydrolysis) is 1. The highest BCUT2D eigenvalue weighted by Crippen LogP contribution is 2.32. The molecule has 2 heterocycles. The van der Waals surface area contributed by atoms with Crippen molar-refractivity contribution in [3.63, 3.8) is 0 Å². The van der Waals surface area contributed by atoms with Crippen LogP contribution < -0.4 is 10.6 Å². The van der Waals surface area contributed by atoms with Crippen molar-refractivity contribution in [2.45, 2.75) is 124 Å². The van der Waals surface area contributed by atoms with Gasteiger partial charge in [-0.2, -0.15) is 0 Å². The molecule has 0 spiro atoms. The van der Waals surface area contributed by atoms with E-state index in [4.69, 9.17) is 24.1 Å². The standard InChI is InChI=1S/C38H67N5O9S/c1-8-11-12-14-19-43(36(46)33(28(6)9-2)41-34(45)30-16-13-15-18-42(30)7)31(27(4)5)25-32(35-40-29(26-53-35)37(47)51-10-3)52-38(48)39-17-21-49-23-24-50-22-20-44/h26-28,30-33,44H,8-25H2,1-7H3,(H,39,48)(H,41,45)/t28-,30-,31+,32+,33-/m1/s1. The smallest absolute Gasteiger partial charge is 0.407 e. The van der Waals surface area contributed by atoms with Gasteiger partial charge in [0.1, 0.15) is 11.0 Å². The quantitative estimate of drug-likeness (QED) is 0.0862. The van der Waals surface area contributed by atoms with Crippen molar-refractivity contribution in [2.75, 3.05) is 66.3 Å². The summed E-state index contributed by atoms with van der Waals surface area (Å²) < 4.78 is 21.8. The Labute approximate surface area is 321 Å². The highest BCUT2D eigenvalue weighted by atomic mass is 32.1. The number of carbonyl (C=O) groups is 4. The van der Waals surface area contributed by atoms with Gasteiger partial charge in [-0.05, 0) is 51.6 Å². The molecule has 0 unspecified atom stereocenters. The molecule has 2 rings (SSSR count). The Balaban J connectivity index is 2.39. The number of thiazole rings is 1. The number of rotatable bonds is 26. The van der Waals surface area contributed by atoms with Crippen molar-refractivity contribution in [2.24, 2.45) is 11.8 Å². The van der Waals surface area contributed by atoms with Crippen LogP contribution in [-0.2, 0) is 28.5 Å². The zero-order valence-electron chi connectivity index (χ0n) is 33.2.